The van der Waals surface area contributed by atoms with Gasteiger partial charge in [-0.2, -0.15) is 4.31 Å². The van der Waals surface area contributed by atoms with Crippen LogP contribution in [0, 0.1) is 0 Å². The molecule has 0 amide bonds. The summed E-state index contributed by atoms with van der Waals surface area (Å²) in [5.74, 6) is 0.716. The Kier molecular flexibility index (Phi) is 5.61. The van der Waals surface area contributed by atoms with Crippen LogP contribution in [0.1, 0.15) is 25.3 Å². The highest BCUT2D eigenvalue weighted by molar-refractivity contribution is 7.88. The van der Waals surface area contributed by atoms with Gasteiger partial charge in [-0.1, -0.05) is 19.1 Å². The fourth-order valence-corrected chi connectivity index (χ4v) is 4.57. The molecule has 1 saturated heterocycles. The second kappa shape index (κ2) is 7.24. The number of ether oxygens (including phenoxy) is 1. The summed E-state index contributed by atoms with van der Waals surface area (Å²) in [5.41, 5.74) is 0.765. The molecule has 1 atom stereocenters. The van der Waals surface area contributed by atoms with Gasteiger partial charge in [0.15, 0.2) is 0 Å². The van der Waals surface area contributed by atoms with Crippen molar-refractivity contribution < 1.29 is 13.2 Å². The lowest BCUT2D eigenvalue weighted by molar-refractivity contribution is 0.334. The van der Waals surface area contributed by atoms with Gasteiger partial charge in [-0.25, -0.2) is 8.42 Å². The van der Waals surface area contributed by atoms with Crippen molar-refractivity contribution in [3.8, 4) is 5.75 Å². The van der Waals surface area contributed by atoms with Crippen molar-refractivity contribution >= 4 is 10.0 Å². The van der Waals surface area contributed by atoms with E-state index in [0.717, 1.165) is 31.5 Å². The molecule has 1 fully saturated rings. The first-order valence-corrected chi connectivity index (χ1v) is 9.01. The molecule has 1 N–H and O–H groups in total. The smallest absolute Gasteiger partial charge is 0.218 e. The lowest BCUT2D eigenvalue weighted by Crippen LogP contribution is -2.42. The van der Waals surface area contributed by atoms with E-state index >= 15 is 0 Å². The molecule has 0 saturated carbocycles. The van der Waals surface area contributed by atoms with Crippen LogP contribution in [-0.2, 0) is 15.8 Å². The average Bonchev–Trinajstić information content (AvgIpc) is 2.98. The number of sulfonamides is 1. The van der Waals surface area contributed by atoms with E-state index in [1.165, 1.54) is 0 Å². The largest absolute Gasteiger partial charge is 0.497 e. The molecule has 6 heteroatoms. The van der Waals surface area contributed by atoms with Crippen molar-refractivity contribution in [1.82, 2.24) is 9.62 Å². The Morgan fingerprint density at radius 2 is 2.24 bits per heavy atom. The minimum absolute atomic E-state index is 0.0285. The van der Waals surface area contributed by atoms with Gasteiger partial charge in [0.25, 0.3) is 0 Å². The Morgan fingerprint density at radius 3 is 2.86 bits per heavy atom. The normalized spacial score (nSPS) is 19.1. The van der Waals surface area contributed by atoms with Crippen LogP contribution in [0.5, 0.6) is 5.75 Å². The molecule has 1 aromatic rings. The van der Waals surface area contributed by atoms with E-state index in [1.807, 2.05) is 25.1 Å². The van der Waals surface area contributed by atoms with Crippen LogP contribution in [0.3, 0.4) is 0 Å². The molecule has 21 heavy (non-hydrogen) atoms. The van der Waals surface area contributed by atoms with E-state index in [2.05, 4.69) is 5.32 Å². The Balaban J connectivity index is 2.17. The molecule has 2 rings (SSSR count). The Hall–Kier alpha value is -1.11. The maximum Gasteiger partial charge on any atom is 0.218 e. The maximum absolute atomic E-state index is 12.7. The van der Waals surface area contributed by atoms with E-state index in [9.17, 15) is 8.42 Å². The highest BCUT2D eigenvalue weighted by Gasteiger charge is 2.31. The van der Waals surface area contributed by atoms with Gasteiger partial charge in [0, 0.05) is 19.1 Å². The van der Waals surface area contributed by atoms with E-state index < -0.39 is 10.0 Å². The lowest BCUT2D eigenvalue weighted by Gasteiger charge is -2.27. The Bertz CT molecular complexity index is 554. The summed E-state index contributed by atoms with van der Waals surface area (Å²) in [6.07, 6.45) is 1.71. The molecule has 0 aromatic heterocycles. The molecule has 1 heterocycles. The standard InChI is InChI=1S/C15H24N2O3S/c1-3-9-17(14-7-8-16-11-14)21(18,19)12-13-5-4-6-15(10-13)20-2/h4-6,10,14,16H,3,7-9,11-12H2,1-2H3. The minimum Gasteiger partial charge on any atom is -0.497 e. The highest BCUT2D eigenvalue weighted by Crippen LogP contribution is 2.20. The molecule has 5 nitrogen and oxygen atoms in total. The predicted molar refractivity (Wildman–Crippen MR) is 83.9 cm³/mol. The summed E-state index contributed by atoms with van der Waals surface area (Å²) in [5, 5.41) is 3.24. The van der Waals surface area contributed by atoms with Crippen LogP contribution in [-0.4, -0.2) is 45.5 Å². The fourth-order valence-electron chi connectivity index (χ4n) is 2.71. The van der Waals surface area contributed by atoms with E-state index in [-0.39, 0.29) is 11.8 Å². The topological polar surface area (TPSA) is 58.6 Å². The zero-order valence-electron chi connectivity index (χ0n) is 12.7. The number of nitrogens with one attached hydrogen (secondary N) is 1. The third kappa shape index (κ3) is 4.18. The first kappa shape index (κ1) is 16.3. The van der Waals surface area contributed by atoms with Crippen molar-refractivity contribution in [2.24, 2.45) is 0 Å². The van der Waals surface area contributed by atoms with Crippen molar-refractivity contribution in [3.05, 3.63) is 29.8 Å². The fraction of sp³-hybridized carbons (Fsp3) is 0.600. The van der Waals surface area contributed by atoms with Gasteiger partial charge >= 0.3 is 0 Å². The van der Waals surface area contributed by atoms with Crippen LogP contribution in [0.15, 0.2) is 24.3 Å². The van der Waals surface area contributed by atoms with E-state index in [4.69, 9.17) is 4.74 Å². The number of nitrogens with zero attached hydrogens (tertiary/aromatic N) is 1. The molecule has 1 aliphatic heterocycles. The van der Waals surface area contributed by atoms with Crippen LogP contribution in [0.4, 0.5) is 0 Å². The molecule has 1 unspecified atom stereocenters. The van der Waals surface area contributed by atoms with Gasteiger partial charge in [0.05, 0.1) is 12.9 Å². The predicted octanol–water partition coefficient (Wildman–Crippen LogP) is 1.60. The van der Waals surface area contributed by atoms with Crippen LogP contribution in [0.25, 0.3) is 0 Å². The number of rotatable bonds is 7. The summed E-state index contributed by atoms with van der Waals surface area (Å²) in [6.45, 7) is 4.23. The zero-order chi connectivity index (χ0) is 15.3. The van der Waals surface area contributed by atoms with E-state index in [0.29, 0.717) is 12.3 Å². The van der Waals surface area contributed by atoms with Crippen LogP contribution >= 0.6 is 0 Å². The summed E-state index contributed by atoms with van der Waals surface area (Å²) in [7, 11) is -1.72. The van der Waals surface area contributed by atoms with Crippen LogP contribution < -0.4 is 10.1 Å². The number of methoxy groups -OCH3 is 1. The Morgan fingerprint density at radius 1 is 1.43 bits per heavy atom. The first-order valence-electron chi connectivity index (χ1n) is 7.40. The van der Waals surface area contributed by atoms with Crippen molar-refractivity contribution in [2.45, 2.75) is 31.6 Å². The van der Waals surface area contributed by atoms with Gasteiger partial charge in [-0.05, 0) is 37.1 Å². The van der Waals surface area contributed by atoms with Gasteiger partial charge in [0.1, 0.15) is 5.75 Å². The SMILES string of the molecule is CCCN(C1CCNC1)S(=O)(=O)Cc1cccc(OC)c1. The molecule has 118 valence electrons. The summed E-state index contributed by atoms with van der Waals surface area (Å²) >= 11 is 0. The highest BCUT2D eigenvalue weighted by atomic mass is 32.2. The summed E-state index contributed by atoms with van der Waals surface area (Å²) in [6, 6.07) is 7.35. The first-order chi connectivity index (χ1) is 10.1. The maximum atomic E-state index is 12.7. The second-order valence-electron chi connectivity index (χ2n) is 5.37. The second-order valence-corrected chi connectivity index (χ2v) is 7.29. The number of hydrogen-bond donors (Lipinski definition) is 1. The molecule has 0 bridgehead atoms. The van der Waals surface area contributed by atoms with Crippen molar-refractivity contribution in [2.75, 3.05) is 26.7 Å². The number of hydrogen-bond acceptors (Lipinski definition) is 4. The molecule has 1 aromatic carbocycles. The third-order valence-corrected chi connectivity index (χ3v) is 5.62. The molecular formula is C15H24N2O3S. The van der Waals surface area contributed by atoms with Crippen molar-refractivity contribution in [1.29, 1.82) is 0 Å². The molecule has 0 radical (unpaired) electrons. The molecule has 0 spiro atoms. The average molecular weight is 312 g/mol. The van der Waals surface area contributed by atoms with E-state index in [1.54, 1.807) is 17.5 Å². The quantitative estimate of drug-likeness (QED) is 0.831. The van der Waals surface area contributed by atoms with Crippen LogP contribution in [0.2, 0.25) is 0 Å². The van der Waals surface area contributed by atoms with Gasteiger partial charge < -0.3 is 10.1 Å². The van der Waals surface area contributed by atoms with Gasteiger partial charge in [0.2, 0.25) is 10.0 Å². The molecule has 1 aliphatic rings. The minimum atomic E-state index is -3.31. The lowest BCUT2D eigenvalue weighted by atomic mass is 10.2. The Labute approximate surface area is 127 Å². The van der Waals surface area contributed by atoms with Gasteiger partial charge in [-0.3, -0.25) is 0 Å². The number of benzene rings is 1. The summed E-state index contributed by atoms with van der Waals surface area (Å²) in [4.78, 5) is 0. The summed E-state index contributed by atoms with van der Waals surface area (Å²) < 4.78 is 32.3. The third-order valence-electron chi connectivity index (χ3n) is 3.73. The molecular weight excluding hydrogens is 288 g/mol. The zero-order valence-corrected chi connectivity index (χ0v) is 13.5. The van der Waals surface area contributed by atoms with Gasteiger partial charge in [-0.15, -0.1) is 0 Å². The monoisotopic (exact) mass is 312 g/mol. The van der Waals surface area contributed by atoms with Crippen molar-refractivity contribution in [3.63, 3.8) is 0 Å². The molecule has 0 aliphatic carbocycles.